The van der Waals surface area contributed by atoms with E-state index >= 15 is 0 Å². The van der Waals surface area contributed by atoms with E-state index in [2.05, 4.69) is 0 Å². The van der Waals surface area contributed by atoms with Crippen molar-refractivity contribution in [1.82, 2.24) is 0 Å². The van der Waals surface area contributed by atoms with E-state index in [9.17, 15) is 4.79 Å². The van der Waals surface area contributed by atoms with Crippen LogP contribution in [0, 0.1) is 0 Å². The summed E-state index contributed by atoms with van der Waals surface area (Å²) in [6.45, 7) is 0.501. The predicted octanol–water partition coefficient (Wildman–Crippen LogP) is 1.30. The van der Waals surface area contributed by atoms with Crippen LogP contribution < -0.4 is 0 Å². The number of hydrogen-bond donors (Lipinski definition) is 0. The van der Waals surface area contributed by atoms with Crippen LogP contribution in [0.4, 0.5) is 0 Å². The van der Waals surface area contributed by atoms with Gasteiger partial charge in [0.25, 0.3) is 0 Å². The molecule has 0 aromatic rings. The summed E-state index contributed by atoms with van der Waals surface area (Å²) in [5.74, 6) is 0.0193. The van der Waals surface area contributed by atoms with Crippen LogP contribution in [0.1, 0.15) is 0 Å². The molecule has 0 aromatic heterocycles. The van der Waals surface area contributed by atoms with Gasteiger partial charge >= 0.3 is 0 Å². The molecule has 1 aliphatic rings. The summed E-state index contributed by atoms with van der Waals surface area (Å²) < 4.78 is 4.91. The maximum atomic E-state index is 10.6. The molecule has 0 aliphatic carbocycles. The lowest BCUT2D eigenvalue weighted by Gasteiger charge is -1.94. The Labute approximate surface area is 57.8 Å². The van der Waals surface area contributed by atoms with Gasteiger partial charge in [-0.25, -0.2) is 0 Å². The Hall–Kier alpha value is -0.540. The van der Waals surface area contributed by atoms with Crippen LogP contribution in [-0.4, -0.2) is 12.4 Å². The summed E-state index contributed by atoms with van der Waals surface area (Å²) >= 11 is 1.18. The van der Waals surface area contributed by atoms with E-state index in [1.165, 1.54) is 24.2 Å². The molecule has 0 N–H and O–H groups in total. The lowest BCUT2D eigenvalue weighted by molar-refractivity contribution is -0.110. The highest BCUT2D eigenvalue weighted by molar-refractivity contribution is 7.97. The second kappa shape index (κ2) is 3.48. The Morgan fingerprint density at radius 3 is 3.33 bits per heavy atom. The largest absolute Gasteiger partial charge is 0.307 e. The van der Waals surface area contributed by atoms with Gasteiger partial charge in [-0.3, -0.25) is 4.79 Å². The second-order valence-corrected chi connectivity index (χ2v) is 2.19. The number of carbonyl (C=O) groups is 1. The average molecular weight is 142 g/mol. The van der Waals surface area contributed by atoms with Crippen molar-refractivity contribution in [2.75, 3.05) is 6.61 Å². The molecule has 0 spiro atoms. The molecule has 48 valence electrons. The molecule has 1 aliphatic heterocycles. The molecule has 0 radical (unpaired) electrons. The van der Waals surface area contributed by atoms with Gasteiger partial charge in [-0.05, 0) is 12.2 Å². The summed E-state index contributed by atoms with van der Waals surface area (Å²) in [4.78, 5) is 10.6. The van der Waals surface area contributed by atoms with Crippen molar-refractivity contribution in [3.8, 4) is 0 Å². The summed E-state index contributed by atoms with van der Waals surface area (Å²) in [6, 6.07) is 0. The average Bonchev–Trinajstić information content (AvgIpc) is 1.79. The molecular formula is C6H6O2S. The Bertz CT molecular complexity index is 144. The molecule has 0 saturated carbocycles. The van der Waals surface area contributed by atoms with Crippen LogP contribution in [0.5, 0.6) is 0 Å². The molecule has 9 heavy (non-hydrogen) atoms. The summed E-state index contributed by atoms with van der Waals surface area (Å²) in [6.07, 6.45) is 4.66. The van der Waals surface area contributed by atoms with Gasteiger partial charge in [-0.1, -0.05) is 6.08 Å². The van der Waals surface area contributed by atoms with E-state index in [4.69, 9.17) is 4.18 Å². The third-order valence-electron chi connectivity index (χ3n) is 0.802. The van der Waals surface area contributed by atoms with Gasteiger partial charge < -0.3 is 4.18 Å². The van der Waals surface area contributed by atoms with Crippen molar-refractivity contribution in [3.05, 3.63) is 23.6 Å². The molecular weight excluding hydrogens is 136 g/mol. The Morgan fingerprint density at radius 2 is 2.44 bits per heavy atom. The van der Waals surface area contributed by atoms with Crippen LogP contribution in [0.2, 0.25) is 0 Å². The number of ketones is 1. The monoisotopic (exact) mass is 142 g/mol. The topological polar surface area (TPSA) is 26.3 Å². The zero-order valence-electron chi connectivity index (χ0n) is 4.74. The molecule has 0 aromatic carbocycles. The smallest absolute Gasteiger partial charge is 0.178 e. The molecule has 2 nitrogen and oxygen atoms in total. The van der Waals surface area contributed by atoms with Gasteiger partial charge in [0, 0.05) is 17.5 Å². The number of hydrogen-bond acceptors (Lipinski definition) is 3. The van der Waals surface area contributed by atoms with Gasteiger partial charge in [0.1, 0.15) is 0 Å². The van der Waals surface area contributed by atoms with Crippen LogP contribution in [0.15, 0.2) is 23.6 Å². The zero-order valence-corrected chi connectivity index (χ0v) is 5.56. The van der Waals surface area contributed by atoms with E-state index in [0.717, 1.165) is 0 Å². The summed E-state index contributed by atoms with van der Waals surface area (Å²) in [7, 11) is 0. The fraction of sp³-hybridized carbons (Fsp3) is 0.167. The Balaban J connectivity index is 2.55. The van der Waals surface area contributed by atoms with E-state index < -0.39 is 0 Å². The SMILES string of the molecule is O=C1C=CSOC/C=C\1. The standard InChI is InChI=1S/C6H6O2S/c7-6-2-1-4-8-9-5-3-6/h1-3,5H,4H2/b2-1-,5-3?. The predicted molar refractivity (Wildman–Crippen MR) is 36.8 cm³/mol. The molecule has 0 unspecified atom stereocenters. The minimum atomic E-state index is 0.0193. The third-order valence-corrected chi connectivity index (χ3v) is 1.32. The van der Waals surface area contributed by atoms with Crippen molar-refractivity contribution in [2.24, 2.45) is 0 Å². The molecule has 1 heterocycles. The molecule has 0 amide bonds. The van der Waals surface area contributed by atoms with Gasteiger partial charge in [-0.2, -0.15) is 0 Å². The number of rotatable bonds is 0. The summed E-state index contributed by atoms with van der Waals surface area (Å²) in [5.41, 5.74) is 0. The normalized spacial score (nSPS) is 22.9. The first-order valence-corrected chi connectivity index (χ1v) is 3.35. The van der Waals surface area contributed by atoms with E-state index in [-0.39, 0.29) is 5.78 Å². The molecule has 0 bridgehead atoms. The molecule has 0 atom stereocenters. The zero-order chi connectivity index (χ0) is 6.53. The quantitative estimate of drug-likeness (QED) is 0.477. The van der Waals surface area contributed by atoms with E-state index in [1.807, 2.05) is 0 Å². The number of allylic oxidation sites excluding steroid dienone is 2. The van der Waals surface area contributed by atoms with Crippen molar-refractivity contribution >= 4 is 17.8 Å². The van der Waals surface area contributed by atoms with Gasteiger partial charge in [0.05, 0.1) is 6.61 Å². The van der Waals surface area contributed by atoms with E-state index in [1.54, 1.807) is 11.5 Å². The van der Waals surface area contributed by atoms with Gasteiger partial charge in [0.15, 0.2) is 5.78 Å². The lowest BCUT2D eigenvalue weighted by atomic mass is 10.3. The fourth-order valence-electron chi connectivity index (χ4n) is 0.433. The van der Waals surface area contributed by atoms with Gasteiger partial charge in [0.2, 0.25) is 0 Å². The fourth-order valence-corrected chi connectivity index (χ4v) is 0.858. The second-order valence-electron chi connectivity index (χ2n) is 1.49. The third kappa shape index (κ3) is 2.49. The highest BCUT2D eigenvalue weighted by atomic mass is 32.2. The molecule has 0 saturated heterocycles. The lowest BCUT2D eigenvalue weighted by Crippen LogP contribution is -1.89. The van der Waals surface area contributed by atoms with E-state index in [0.29, 0.717) is 6.61 Å². The highest BCUT2D eigenvalue weighted by Gasteiger charge is 1.91. The first-order chi connectivity index (χ1) is 4.39. The highest BCUT2D eigenvalue weighted by Crippen LogP contribution is 2.05. The first-order valence-electron chi connectivity index (χ1n) is 2.55. The summed E-state index contributed by atoms with van der Waals surface area (Å²) in [5, 5.41) is 1.63. The minimum absolute atomic E-state index is 0.0193. The van der Waals surface area contributed by atoms with Crippen molar-refractivity contribution < 1.29 is 8.98 Å². The minimum Gasteiger partial charge on any atom is -0.307 e. The van der Waals surface area contributed by atoms with Crippen LogP contribution >= 0.6 is 12.0 Å². The molecule has 0 fully saturated rings. The van der Waals surface area contributed by atoms with Crippen molar-refractivity contribution in [3.63, 3.8) is 0 Å². The van der Waals surface area contributed by atoms with Gasteiger partial charge in [-0.15, -0.1) is 0 Å². The van der Waals surface area contributed by atoms with Crippen LogP contribution in [0.3, 0.4) is 0 Å². The molecule has 3 heteroatoms. The number of carbonyl (C=O) groups excluding carboxylic acids is 1. The van der Waals surface area contributed by atoms with Crippen molar-refractivity contribution in [2.45, 2.75) is 0 Å². The maximum absolute atomic E-state index is 10.6. The Morgan fingerprint density at radius 1 is 1.56 bits per heavy atom. The maximum Gasteiger partial charge on any atom is 0.178 e. The first kappa shape index (κ1) is 6.58. The van der Waals surface area contributed by atoms with Crippen LogP contribution in [-0.2, 0) is 8.98 Å². The van der Waals surface area contributed by atoms with Crippen LogP contribution in [0.25, 0.3) is 0 Å². The van der Waals surface area contributed by atoms with Crippen molar-refractivity contribution in [1.29, 1.82) is 0 Å². The Kier molecular flexibility index (Phi) is 2.54. The molecule has 1 rings (SSSR count).